The smallest absolute Gasteiger partial charge is 0.321 e. The summed E-state index contributed by atoms with van der Waals surface area (Å²) in [6.45, 7) is 5.10. The Morgan fingerprint density at radius 1 is 1.11 bits per heavy atom. The SMILES string of the molecule is CC(C)CNC(=O)NC(=O)COc1ccc(S(=O)(=O)N2CCCCC2)cc1. The van der Waals surface area contributed by atoms with Gasteiger partial charge in [0.15, 0.2) is 6.61 Å². The highest BCUT2D eigenvalue weighted by atomic mass is 32.2. The Hall–Kier alpha value is -2.13. The normalized spacial score (nSPS) is 15.4. The molecule has 0 radical (unpaired) electrons. The monoisotopic (exact) mass is 397 g/mol. The summed E-state index contributed by atoms with van der Waals surface area (Å²) in [5.41, 5.74) is 0. The van der Waals surface area contributed by atoms with Gasteiger partial charge in [-0.2, -0.15) is 4.31 Å². The molecule has 27 heavy (non-hydrogen) atoms. The second-order valence-electron chi connectivity index (χ2n) is 6.88. The van der Waals surface area contributed by atoms with Crippen molar-refractivity contribution < 1.29 is 22.7 Å². The molecule has 1 aliphatic heterocycles. The first-order chi connectivity index (χ1) is 12.8. The molecule has 2 rings (SSSR count). The van der Waals surface area contributed by atoms with Crippen LogP contribution < -0.4 is 15.4 Å². The Labute approximate surface area is 160 Å². The number of urea groups is 1. The van der Waals surface area contributed by atoms with Crippen LogP contribution in [0, 0.1) is 5.92 Å². The van der Waals surface area contributed by atoms with E-state index in [9.17, 15) is 18.0 Å². The van der Waals surface area contributed by atoms with Crippen LogP contribution in [0.2, 0.25) is 0 Å². The lowest BCUT2D eigenvalue weighted by molar-refractivity contribution is -0.122. The van der Waals surface area contributed by atoms with Crippen molar-refractivity contribution in [3.8, 4) is 5.75 Å². The number of nitrogens with one attached hydrogen (secondary N) is 2. The van der Waals surface area contributed by atoms with Gasteiger partial charge in [0.25, 0.3) is 5.91 Å². The summed E-state index contributed by atoms with van der Waals surface area (Å²) in [7, 11) is -3.49. The number of piperidine rings is 1. The number of amides is 3. The van der Waals surface area contributed by atoms with Gasteiger partial charge in [-0.05, 0) is 43.0 Å². The number of hydrogen-bond acceptors (Lipinski definition) is 5. The molecule has 8 nitrogen and oxygen atoms in total. The number of imide groups is 1. The summed E-state index contributed by atoms with van der Waals surface area (Å²) in [4.78, 5) is 23.4. The van der Waals surface area contributed by atoms with Crippen LogP contribution in [0.4, 0.5) is 4.79 Å². The molecule has 2 N–H and O–H groups in total. The van der Waals surface area contributed by atoms with E-state index >= 15 is 0 Å². The topological polar surface area (TPSA) is 105 Å². The molecule has 0 saturated carbocycles. The lowest BCUT2D eigenvalue weighted by Gasteiger charge is -2.25. The van der Waals surface area contributed by atoms with Crippen molar-refractivity contribution in [2.24, 2.45) is 5.92 Å². The van der Waals surface area contributed by atoms with Crippen molar-refractivity contribution in [3.63, 3.8) is 0 Å². The minimum Gasteiger partial charge on any atom is -0.484 e. The van der Waals surface area contributed by atoms with Gasteiger partial charge in [0.1, 0.15) is 5.75 Å². The van der Waals surface area contributed by atoms with Crippen molar-refractivity contribution in [1.82, 2.24) is 14.9 Å². The molecule has 150 valence electrons. The van der Waals surface area contributed by atoms with E-state index in [1.165, 1.54) is 28.6 Å². The number of sulfonamides is 1. The molecule has 1 fully saturated rings. The lowest BCUT2D eigenvalue weighted by Crippen LogP contribution is -2.42. The first kappa shape index (κ1) is 21.2. The molecule has 0 bridgehead atoms. The fourth-order valence-corrected chi connectivity index (χ4v) is 4.13. The maximum atomic E-state index is 12.6. The molecule has 1 aromatic carbocycles. The van der Waals surface area contributed by atoms with Gasteiger partial charge in [-0.15, -0.1) is 0 Å². The summed E-state index contributed by atoms with van der Waals surface area (Å²) in [5, 5.41) is 4.74. The van der Waals surface area contributed by atoms with Crippen LogP contribution in [-0.2, 0) is 14.8 Å². The minimum atomic E-state index is -3.49. The molecule has 0 aliphatic carbocycles. The van der Waals surface area contributed by atoms with E-state index < -0.39 is 22.0 Å². The quantitative estimate of drug-likeness (QED) is 0.729. The molecule has 1 saturated heterocycles. The van der Waals surface area contributed by atoms with Crippen LogP contribution in [0.15, 0.2) is 29.2 Å². The van der Waals surface area contributed by atoms with Gasteiger partial charge in [-0.1, -0.05) is 20.3 Å². The van der Waals surface area contributed by atoms with Crippen LogP contribution in [0.5, 0.6) is 5.75 Å². The fraction of sp³-hybridized carbons (Fsp3) is 0.556. The lowest BCUT2D eigenvalue weighted by atomic mass is 10.2. The number of benzene rings is 1. The first-order valence-corrected chi connectivity index (χ1v) is 10.5. The largest absolute Gasteiger partial charge is 0.484 e. The van der Waals surface area contributed by atoms with Gasteiger partial charge < -0.3 is 10.1 Å². The van der Waals surface area contributed by atoms with E-state index in [1.54, 1.807) is 0 Å². The van der Waals surface area contributed by atoms with Gasteiger partial charge >= 0.3 is 6.03 Å². The van der Waals surface area contributed by atoms with Crippen molar-refractivity contribution in [1.29, 1.82) is 0 Å². The van der Waals surface area contributed by atoms with Crippen LogP contribution in [-0.4, -0.2) is 50.9 Å². The Balaban J connectivity index is 1.84. The van der Waals surface area contributed by atoms with E-state index in [0.29, 0.717) is 25.4 Å². The molecule has 3 amide bonds. The van der Waals surface area contributed by atoms with Crippen molar-refractivity contribution >= 4 is 22.0 Å². The van der Waals surface area contributed by atoms with Gasteiger partial charge in [-0.25, -0.2) is 13.2 Å². The van der Waals surface area contributed by atoms with Gasteiger partial charge in [0.2, 0.25) is 10.0 Å². The molecule has 1 aliphatic rings. The molecule has 9 heteroatoms. The molecule has 0 unspecified atom stereocenters. The average molecular weight is 397 g/mol. The Morgan fingerprint density at radius 2 is 1.74 bits per heavy atom. The third kappa shape index (κ3) is 6.51. The van der Waals surface area contributed by atoms with Gasteiger partial charge in [0, 0.05) is 19.6 Å². The number of hydrogen-bond donors (Lipinski definition) is 2. The van der Waals surface area contributed by atoms with Crippen LogP contribution in [0.1, 0.15) is 33.1 Å². The maximum Gasteiger partial charge on any atom is 0.321 e. The molecular weight excluding hydrogens is 370 g/mol. The number of rotatable bonds is 7. The predicted molar refractivity (Wildman–Crippen MR) is 101 cm³/mol. The second-order valence-corrected chi connectivity index (χ2v) is 8.81. The molecule has 0 atom stereocenters. The summed E-state index contributed by atoms with van der Waals surface area (Å²) in [6.07, 6.45) is 2.80. The van der Waals surface area contributed by atoms with Crippen LogP contribution in [0.25, 0.3) is 0 Å². The Kier molecular flexibility index (Phi) is 7.61. The summed E-state index contributed by atoms with van der Waals surface area (Å²) >= 11 is 0. The van der Waals surface area contributed by atoms with Crippen molar-refractivity contribution in [3.05, 3.63) is 24.3 Å². The fourth-order valence-electron chi connectivity index (χ4n) is 2.61. The van der Waals surface area contributed by atoms with E-state index in [1.807, 2.05) is 13.8 Å². The Bertz CT molecular complexity index is 741. The zero-order valence-electron chi connectivity index (χ0n) is 15.7. The molecule has 1 heterocycles. The highest BCUT2D eigenvalue weighted by Crippen LogP contribution is 2.22. The standard InChI is InChI=1S/C18H27N3O5S/c1-14(2)12-19-18(23)20-17(22)13-26-15-6-8-16(9-7-15)27(24,25)21-10-4-3-5-11-21/h6-9,14H,3-5,10-13H2,1-2H3,(H2,19,20,22,23). The summed E-state index contributed by atoms with van der Waals surface area (Å²) < 4.78 is 31.9. The predicted octanol–water partition coefficient (Wildman–Crippen LogP) is 1.72. The molecule has 1 aromatic rings. The maximum absolute atomic E-state index is 12.6. The third-order valence-electron chi connectivity index (χ3n) is 4.07. The minimum absolute atomic E-state index is 0.203. The van der Waals surface area contributed by atoms with Gasteiger partial charge in [0.05, 0.1) is 4.90 Å². The Morgan fingerprint density at radius 3 is 2.33 bits per heavy atom. The number of nitrogens with zero attached hydrogens (tertiary/aromatic N) is 1. The summed E-state index contributed by atoms with van der Waals surface area (Å²) in [6, 6.07) is 5.37. The zero-order valence-corrected chi connectivity index (χ0v) is 16.5. The van der Waals surface area contributed by atoms with Crippen LogP contribution in [0.3, 0.4) is 0 Å². The highest BCUT2D eigenvalue weighted by molar-refractivity contribution is 7.89. The van der Waals surface area contributed by atoms with E-state index in [2.05, 4.69) is 10.6 Å². The number of ether oxygens (including phenoxy) is 1. The number of carbonyl (C=O) groups excluding carboxylic acids is 2. The number of carbonyl (C=O) groups is 2. The molecule has 0 spiro atoms. The van der Waals surface area contributed by atoms with Gasteiger partial charge in [-0.3, -0.25) is 10.1 Å². The third-order valence-corrected chi connectivity index (χ3v) is 5.98. The van der Waals surface area contributed by atoms with E-state index in [4.69, 9.17) is 4.74 Å². The van der Waals surface area contributed by atoms with Crippen molar-refractivity contribution in [2.45, 2.75) is 38.0 Å². The van der Waals surface area contributed by atoms with E-state index in [-0.39, 0.29) is 17.4 Å². The average Bonchev–Trinajstić information content (AvgIpc) is 2.66. The summed E-state index contributed by atoms with van der Waals surface area (Å²) in [5.74, 6) is 0.0495. The second kappa shape index (κ2) is 9.70. The van der Waals surface area contributed by atoms with Crippen LogP contribution >= 0.6 is 0 Å². The van der Waals surface area contributed by atoms with E-state index in [0.717, 1.165) is 19.3 Å². The zero-order chi connectivity index (χ0) is 19.9. The molecule has 0 aromatic heterocycles. The molecular formula is C18H27N3O5S. The van der Waals surface area contributed by atoms with Crippen molar-refractivity contribution in [2.75, 3.05) is 26.2 Å². The first-order valence-electron chi connectivity index (χ1n) is 9.09. The highest BCUT2D eigenvalue weighted by Gasteiger charge is 2.25.